The molecule has 0 unspecified atom stereocenters. The molecule has 6 heteroatoms. The summed E-state index contributed by atoms with van der Waals surface area (Å²) in [7, 11) is 1.50. The van der Waals surface area contributed by atoms with Gasteiger partial charge in [-0.2, -0.15) is 0 Å². The van der Waals surface area contributed by atoms with Crippen molar-refractivity contribution < 1.29 is 18.3 Å². The van der Waals surface area contributed by atoms with E-state index >= 15 is 0 Å². The first-order chi connectivity index (χ1) is 11.1. The van der Waals surface area contributed by atoms with Crippen molar-refractivity contribution in [3.8, 4) is 5.88 Å². The molecule has 0 radical (unpaired) electrons. The lowest BCUT2D eigenvalue weighted by Crippen LogP contribution is -2.33. The molecular formula is C17H16F2N2O2. The highest BCUT2D eigenvalue weighted by atomic mass is 19.1. The van der Waals surface area contributed by atoms with Gasteiger partial charge in [-0.25, -0.2) is 13.8 Å². The molecule has 23 heavy (non-hydrogen) atoms. The molecule has 0 saturated heterocycles. The first kappa shape index (κ1) is 15.4. The van der Waals surface area contributed by atoms with E-state index in [4.69, 9.17) is 4.74 Å². The lowest BCUT2D eigenvalue weighted by molar-refractivity contribution is 0.0727. The van der Waals surface area contributed by atoms with Crippen molar-refractivity contribution in [3.05, 3.63) is 59.3 Å². The predicted molar refractivity (Wildman–Crippen MR) is 80.0 cm³/mol. The molecule has 1 aliphatic carbocycles. The number of pyridine rings is 1. The normalized spacial score (nSPS) is 13.7. The van der Waals surface area contributed by atoms with Crippen molar-refractivity contribution in [1.29, 1.82) is 0 Å². The number of aromatic nitrogens is 1. The third-order valence-corrected chi connectivity index (χ3v) is 3.80. The summed E-state index contributed by atoms with van der Waals surface area (Å²) in [4.78, 5) is 18.3. The number of hydrogen-bond donors (Lipinski definition) is 0. The lowest BCUT2D eigenvalue weighted by Gasteiger charge is -2.23. The van der Waals surface area contributed by atoms with Gasteiger partial charge in [0.05, 0.1) is 12.7 Å². The SMILES string of the molecule is COc1ccc(C(=O)N(Cc2ccc(F)cc2F)C2CC2)cn1. The zero-order chi connectivity index (χ0) is 16.4. The highest BCUT2D eigenvalue weighted by Crippen LogP contribution is 2.30. The monoisotopic (exact) mass is 318 g/mol. The molecule has 1 aromatic heterocycles. The second-order valence-electron chi connectivity index (χ2n) is 5.49. The van der Waals surface area contributed by atoms with Crippen molar-refractivity contribution >= 4 is 5.91 Å². The minimum atomic E-state index is -0.642. The summed E-state index contributed by atoms with van der Waals surface area (Å²) in [6.45, 7) is 0.113. The van der Waals surface area contributed by atoms with E-state index in [9.17, 15) is 13.6 Å². The fourth-order valence-corrected chi connectivity index (χ4v) is 2.38. The molecule has 3 rings (SSSR count). The van der Waals surface area contributed by atoms with Gasteiger partial charge < -0.3 is 9.64 Å². The van der Waals surface area contributed by atoms with E-state index in [1.165, 1.54) is 25.4 Å². The second-order valence-corrected chi connectivity index (χ2v) is 5.49. The van der Waals surface area contributed by atoms with Gasteiger partial charge in [0.25, 0.3) is 5.91 Å². The van der Waals surface area contributed by atoms with Crippen LogP contribution in [-0.4, -0.2) is 28.9 Å². The van der Waals surface area contributed by atoms with Crippen molar-refractivity contribution in [3.63, 3.8) is 0 Å². The number of benzene rings is 1. The average Bonchev–Trinajstić information content (AvgIpc) is 3.38. The maximum atomic E-state index is 13.9. The second kappa shape index (κ2) is 6.32. The molecule has 120 valence electrons. The number of carbonyl (C=O) groups excluding carboxylic acids is 1. The third-order valence-electron chi connectivity index (χ3n) is 3.80. The number of methoxy groups -OCH3 is 1. The van der Waals surface area contributed by atoms with Gasteiger partial charge in [-0.3, -0.25) is 4.79 Å². The number of ether oxygens (including phenoxy) is 1. The summed E-state index contributed by atoms with van der Waals surface area (Å²) in [5, 5.41) is 0. The van der Waals surface area contributed by atoms with E-state index in [1.807, 2.05) is 0 Å². The topological polar surface area (TPSA) is 42.4 Å². The Labute approximate surface area is 132 Å². The molecule has 1 heterocycles. The number of rotatable bonds is 5. The largest absolute Gasteiger partial charge is 0.481 e. The van der Waals surface area contributed by atoms with E-state index in [0.717, 1.165) is 18.9 Å². The van der Waals surface area contributed by atoms with Crippen LogP contribution in [0.5, 0.6) is 5.88 Å². The molecule has 0 bridgehead atoms. The van der Waals surface area contributed by atoms with Crippen LogP contribution in [0.1, 0.15) is 28.8 Å². The number of halogens is 2. The van der Waals surface area contributed by atoms with E-state index in [2.05, 4.69) is 4.98 Å². The first-order valence-electron chi connectivity index (χ1n) is 7.33. The number of nitrogens with zero attached hydrogens (tertiary/aromatic N) is 2. The van der Waals surface area contributed by atoms with E-state index < -0.39 is 11.6 Å². The molecule has 0 aliphatic heterocycles. The molecule has 1 fully saturated rings. The quantitative estimate of drug-likeness (QED) is 0.850. The minimum Gasteiger partial charge on any atom is -0.481 e. The highest BCUT2D eigenvalue weighted by molar-refractivity contribution is 5.94. The Bertz CT molecular complexity index is 715. The maximum Gasteiger partial charge on any atom is 0.255 e. The van der Waals surface area contributed by atoms with Crippen molar-refractivity contribution in [2.24, 2.45) is 0 Å². The molecule has 1 saturated carbocycles. The van der Waals surface area contributed by atoms with Gasteiger partial charge in [0, 0.05) is 36.5 Å². The Morgan fingerprint density at radius 1 is 1.30 bits per heavy atom. The number of hydrogen-bond acceptors (Lipinski definition) is 3. The Hall–Kier alpha value is -2.50. The fourth-order valence-electron chi connectivity index (χ4n) is 2.38. The van der Waals surface area contributed by atoms with Gasteiger partial charge in [0.2, 0.25) is 5.88 Å². The Morgan fingerprint density at radius 3 is 2.65 bits per heavy atom. The van der Waals surface area contributed by atoms with Crippen LogP contribution in [0.15, 0.2) is 36.5 Å². The zero-order valence-electron chi connectivity index (χ0n) is 12.6. The van der Waals surface area contributed by atoms with Gasteiger partial charge >= 0.3 is 0 Å². The molecule has 2 aromatic rings. The van der Waals surface area contributed by atoms with Crippen LogP contribution in [-0.2, 0) is 6.54 Å². The highest BCUT2D eigenvalue weighted by Gasteiger charge is 2.33. The van der Waals surface area contributed by atoms with Crippen LogP contribution in [0.4, 0.5) is 8.78 Å². The van der Waals surface area contributed by atoms with Crippen LogP contribution in [0.25, 0.3) is 0 Å². The van der Waals surface area contributed by atoms with Crippen LogP contribution in [0.2, 0.25) is 0 Å². The zero-order valence-corrected chi connectivity index (χ0v) is 12.6. The molecule has 1 aromatic carbocycles. The summed E-state index contributed by atoms with van der Waals surface area (Å²) in [6, 6.07) is 6.73. The molecule has 0 atom stereocenters. The fraction of sp³-hybridized carbons (Fsp3) is 0.294. The number of carbonyl (C=O) groups is 1. The Balaban J connectivity index is 1.81. The van der Waals surface area contributed by atoms with Crippen LogP contribution >= 0.6 is 0 Å². The van der Waals surface area contributed by atoms with Gasteiger partial charge in [0.15, 0.2) is 0 Å². The van der Waals surface area contributed by atoms with Gasteiger partial charge in [-0.1, -0.05) is 6.07 Å². The summed E-state index contributed by atoms with van der Waals surface area (Å²) in [5.41, 5.74) is 0.716. The van der Waals surface area contributed by atoms with Crippen molar-refractivity contribution in [2.75, 3.05) is 7.11 Å². The first-order valence-corrected chi connectivity index (χ1v) is 7.33. The number of amides is 1. The molecule has 0 N–H and O–H groups in total. The summed E-state index contributed by atoms with van der Waals surface area (Å²) >= 11 is 0. The van der Waals surface area contributed by atoms with Gasteiger partial charge in [-0.05, 0) is 25.0 Å². The van der Waals surface area contributed by atoms with Crippen molar-refractivity contribution in [2.45, 2.75) is 25.4 Å². The van der Waals surface area contributed by atoms with Crippen LogP contribution < -0.4 is 4.74 Å². The smallest absolute Gasteiger partial charge is 0.255 e. The minimum absolute atomic E-state index is 0.0917. The molecule has 1 amide bonds. The molecule has 0 spiro atoms. The third kappa shape index (κ3) is 3.47. The van der Waals surface area contributed by atoms with E-state index in [0.29, 0.717) is 17.0 Å². The predicted octanol–water partition coefficient (Wildman–Crippen LogP) is 3.17. The van der Waals surface area contributed by atoms with Gasteiger partial charge in [0.1, 0.15) is 11.6 Å². The standard InChI is InChI=1S/C17H16F2N2O2/c1-23-16-7-3-11(9-20-16)17(22)21(14-5-6-14)10-12-2-4-13(18)8-15(12)19/h2-4,7-9,14H,5-6,10H2,1H3. The molecular weight excluding hydrogens is 302 g/mol. The Morgan fingerprint density at radius 2 is 2.09 bits per heavy atom. The molecule has 1 aliphatic rings. The summed E-state index contributed by atoms with van der Waals surface area (Å²) in [6.07, 6.45) is 3.22. The van der Waals surface area contributed by atoms with Crippen LogP contribution in [0.3, 0.4) is 0 Å². The van der Waals surface area contributed by atoms with Crippen LogP contribution in [0, 0.1) is 11.6 Å². The lowest BCUT2D eigenvalue weighted by atomic mass is 10.1. The molecule has 4 nitrogen and oxygen atoms in total. The van der Waals surface area contributed by atoms with Gasteiger partial charge in [-0.15, -0.1) is 0 Å². The Kier molecular flexibility index (Phi) is 4.23. The summed E-state index contributed by atoms with van der Waals surface area (Å²) < 4.78 is 31.8. The van der Waals surface area contributed by atoms with E-state index in [1.54, 1.807) is 17.0 Å². The maximum absolute atomic E-state index is 13.9. The van der Waals surface area contributed by atoms with E-state index in [-0.39, 0.29) is 18.5 Å². The summed E-state index contributed by atoms with van der Waals surface area (Å²) in [5.74, 6) is -1.07. The average molecular weight is 318 g/mol. The van der Waals surface area contributed by atoms with Crippen molar-refractivity contribution in [1.82, 2.24) is 9.88 Å².